The zero-order valence-corrected chi connectivity index (χ0v) is 27.3. The molecule has 4 rings (SSSR count). The summed E-state index contributed by atoms with van der Waals surface area (Å²) >= 11 is 0. The SMILES string of the molecule is COc1c(N2CCNC(C)C2)c(F)cc2c(=O)c(C(=O)[O-])cn(C3CC3)c12.CS(C)=O.[Cl-].[Cl-].[Cl-].[Na+].[Rh+3]. The summed E-state index contributed by atoms with van der Waals surface area (Å²) in [5, 5.41) is 14.7. The van der Waals surface area contributed by atoms with Crippen molar-refractivity contribution >= 4 is 33.4 Å². The maximum absolute atomic E-state index is 15.1. The van der Waals surface area contributed by atoms with Crippen molar-refractivity contribution in [2.24, 2.45) is 0 Å². The van der Waals surface area contributed by atoms with Crippen LogP contribution in [0.2, 0.25) is 0 Å². The molecule has 1 aliphatic carbocycles. The number of fused-ring (bicyclic) bond motifs is 1. The number of anilines is 1. The number of nitrogens with one attached hydrogen (secondary N) is 1. The third-order valence-electron chi connectivity index (χ3n) is 5.25. The number of hydrogen-bond donors (Lipinski definition) is 1. The van der Waals surface area contributed by atoms with Crippen molar-refractivity contribution in [2.45, 2.75) is 31.8 Å². The van der Waals surface area contributed by atoms with Gasteiger partial charge in [0.15, 0.2) is 17.0 Å². The number of piperazine rings is 1. The molecule has 36 heavy (non-hydrogen) atoms. The van der Waals surface area contributed by atoms with Gasteiger partial charge in [0.2, 0.25) is 0 Å². The molecule has 0 amide bonds. The van der Waals surface area contributed by atoms with Crippen molar-refractivity contribution in [3.05, 3.63) is 33.9 Å². The van der Waals surface area contributed by atoms with Gasteiger partial charge in [0.1, 0.15) is 5.69 Å². The van der Waals surface area contributed by atoms with Crippen LogP contribution in [0.1, 0.15) is 36.2 Å². The van der Waals surface area contributed by atoms with Gasteiger partial charge >= 0.3 is 49.0 Å². The van der Waals surface area contributed by atoms with Crippen LogP contribution >= 0.6 is 0 Å². The van der Waals surface area contributed by atoms with Gasteiger partial charge in [0.05, 0.1) is 29.5 Å². The molecule has 2 heterocycles. The Morgan fingerprint density at radius 1 is 1.25 bits per heavy atom. The van der Waals surface area contributed by atoms with E-state index in [1.807, 2.05) is 11.8 Å². The molecule has 1 saturated heterocycles. The molecule has 0 bridgehead atoms. The summed E-state index contributed by atoms with van der Waals surface area (Å²) in [4.78, 5) is 25.9. The minimum absolute atomic E-state index is 0. The molecule has 0 radical (unpaired) electrons. The largest absolute Gasteiger partial charge is 3.00 e. The third-order valence-corrected chi connectivity index (χ3v) is 5.25. The van der Waals surface area contributed by atoms with E-state index in [1.54, 1.807) is 17.1 Å². The number of carbonyl (C=O) groups is 1. The number of rotatable bonds is 4. The zero-order chi connectivity index (χ0) is 22.9. The Morgan fingerprint density at radius 3 is 2.25 bits per heavy atom. The number of nitrogens with zero attached hydrogens (tertiary/aromatic N) is 2. The number of carbonyl (C=O) groups excluding carboxylic acids is 1. The van der Waals surface area contributed by atoms with Crippen LogP contribution in [0.3, 0.4) is 0 Å². The molecule has 2 fully saturated rings. The van der Waals surface area contributed by atoms with E-state index in [-0.39, 0.29) is 109 Å². The normalized spacial score (nSPS) is 16.1. The van der Waals surface area contributed by atoms with Gasteiger partial charge in [-0.1, -0.05) is 0 Å². The molecule has 15 heteroatoms. The molecule has 200 valence electrons. The third kappa shape index (κ3) is 9.35. The number of ether oxygens (including phenoxy) is 1. The molecule has 1 atom stereocenters. The maximum Gasteiger partial charge on any atom is 3.00 e. The van der Waals surface area contributed by atoms with Gasteiger partial charge in [-0.05, 0) is 25.8 Å². The Labute approximate surface area is 266 Å². The fourth-order valence-electron chi connectivity index (χ4n) is 3.85. The van der Waals surface area contributed by atoms with E-state index >= 15 is 4.39 Å². The molecule has 8 nitrogen and oxygen atoms in total. The molecule has 1 aliphatic heterocycles. The van der Waals surface area contributed by atoms with Crippen LogP contribution < -0.4 is 92.3 Å². The van der Waals surface area contributed by atoms with E-state index in [4.69, 9.17) is 4.74 Å². The Bertz CT molecular complexity index is 1110. The van der Waals surface area contributed by atoms with Crippen LogP contribution in [0.4, 0.5) is 10.1 Å². The van der Waals surface area contributed by atoms with Gasteiger partial charge in [0, 0.05) is 61.2 Å². The molecule has 2 aliphatic rings. The minimum atomic E-state index is -1.56. The Morgan fingerprint density at radius 2 is 1.81 bits per heavy atom. The number of carboxylic acids is 1. The summed E-state index contributed by atoms with van der Waals surface area (Å²) in [7, 11) is 0.831. The van der Waals surface area contributed by atoms with Crippen molar-refractivity contribution in [2.75, 3.05) is 44.2 Å². The summed E-state index contributed by atoms with van der Waals surface area (Å²) in [6.45, 7) is 3.93. The predicted octanol–water partition coefficient (Wildman–Crippen LogP) is -11.3. The first-order valence-electron chi connectivity index (χ1n) is 10.1. The van der Waals surface area contributed by atoms with E-state index in [2.05, 4.69) is 5.32 Å². The zero-order valence-electron chi connectivity index (χ0n) is 20.5. The van der Waals surface area contributed by atoms with Gasteiger partial charge in [-0.15, -0.1) is 0 Å². The second-order valence-corrected chi connectivity index (χ2v) is 9.46. The molecule has 1 saturated carbocycles. The van der Waals surface area contributed by atoms with Crippen LogP contribution in [0.25, 0.3) is 10.9 Å². The van der Waals surface area contributed by atoms with Gasteiger partial charge in [-0.3, -0.25) is 9.00 Å². The van der Waals surface area contributed by atoms with E-state index < -0.39 is 33.6 Å². The van der Waals surface area contributed by atoms with Crippen molar-refractivity contribution < 1.29 is 109 Å². The fourth-order valence-corrected chi connectivity index (χ4v) is 3.85. The van der Waals surface area contributed by atoms with Crippen LogP contribution in [-0.2, 0) is 30.3 Å². The first-order chi connectivity index (χ1) is 14.6. The number of benzene rings is 1. The van der Waals surface area contributed by atoms with Crippen molar-refractivity contribution in [3.63, 3.8) is 0 Å². The van der Waals surface area contributed by atoms with Crippen molar-refractivity contribution in [3.8, 4) is 5.75 Å². The van der Waals surface area contributed by atoms with Crippen molar-refractivity contribution in [1.82, 2.24) is 9.88 Å². The summed E-state index contributed by atoms with van der Waals surface area (Å²) in [5.74, 6) is -1.88. The average molecular weight is 685 g/mol. The Kier molecular flexibility index (Phi) is 19.8. The number of methoxy groups -OCH3 is 1. The molecule has 1 N–H and O–H groups in total. The smallest absolute Gasteiger partial charge is 1.00 e. The Hall–Kier alpha value is 0.0334. The van der Waals surface area contributed by atoms with Gasteiger partial charge < -0.3 is 66.6 Å². The van der Waals surface area contributed by atoms with E-state index in [0.717, 1.165) is 18.9 Å². The van der Waals surface area contributed by atoms with E-state index in [9.17, 15) is 18.9 Å². The molecular formula is C21H27Cl3FN3NaO5RhS. The number of halogens is 4. The van der Waals surface area contributed by atoms with Crippen molar-refractivity contribution in [1.29, 1.82) is 0 Å². The number of aromatic carboxylic acids is 1. The molecule has 2 aromatic rings. The second kappa shape index (κ2) is 17.6. The van der Waals surface area contributed by atoms with Crippen LogP contribution in [0.5, 0.6) is 5.75 Å². The first kappa shape index (κ1) is 40.5. The monoisotopic (exact) mass is 683 g/mol. The van der Waals surface area contributed by atoms with Crippen LogP contribution in [0.15, 0.2) is 17.1 Å². The van der Waals surface area contributed by atoms with Crippen LogP contribution in [0, 0.1) is 5.82 Å². The predicted molar refractivity (Wildman–Crippen MR) is 117 cm³/mol. The van der Waals surface area contributed by atoms with Crippen LogP contribution in [-0.4, -0.2) is 60.0 Å². The molecule has 1 unspecified atom stereocenters. The summed E-state index contributed by atoms with van der Waals surface area (Å²) in [6, 6.07) is 1.39. The van der Waals surface area contributed by atoms with E-state index in [0.29, 0.717) is 30.8 Å². The molecule has 1 aromatic carbocycles. The minimum Gasteiger partial charge on any atom is -1.00 e. The molecule has 0 spiro atoms. The fraction of sp³-hybridized carbons (Fsp3) is 0.524. The quantitative estimate of drug-likeness (QED) is 0.320. The van der Waals surface area contributed by atoms with Gasteiger partial charge in [-0.25, -0.2) is 4.39 Å². The summed E-state index contributed by atoms with van der Waals surface area (Å²) in [6.07, 6.45) is 6.32. The van der Waals surface area contributed by atoms with Gasteiger partial charge in [0.25, 0.3) is 0 Å². The van der Waals surface area contributed by atoms with E-state index in [1.165, 1.54) is 13.3 Å². The number of hydrogen-bond acceptors (Lipinski definition) is 7. The standard InChI is InChI=1S/C19H22FN3O4.C2H6OS.3ClH.Na.Rh/c1-10-8-22(6-5-21-10)16-14(20)7-12-15(18(16)27-2)23(11-3-4-11)9-13(17(12)24)19(25)26;1-4(2)3;;;;;/h7,9-11,21H,3-6,8H2,1-2H3,(H,25,26);1-2H3;3*1H;;/q;;;;;+1;+3/p-4. The second-order valence-electron chi connectivity index (χ2n) is 7.98. The number of aromatic nitrogens is 1. The molecule has 1 aromatic heterocycles. The maximum atomic E-state index is 15.1. The first-order valence-corrected chi connectivity index (χ1v) is 12.0. The van der Waals surface area contributed by atoms with Gasteiger partial charge in [-0.2, -0.15) is 0 Å². The average Bonchev–Trinajstić information content (AvgIpc) is 3.52. The number of carboxylic acid groups (broad SMARTS) is 1. The summed E-state index contributed by atoms with van der Waals surface area (Å²) < 4.78 is 32.0. The number of pyridine rings is 1. The Balaban J connectivity index is -0.00000113. The topological polar surface area (TPSA) is 104 Å². The molecular weight excluding hydrogens is 658 g/mol. The summed E-state index contributed by atoms with van der Waals surface area (Å²) in [5.41, 5.74) is -0.454.